The number of rotatable bonds is 6. The van der Waals surface area contributed by atoms with Gasteiger partial charge in [0.25, 0.3) is 5.91 Å². The first-order valence-corrected chi connectivity index (χ1v) is 14.2. The SMILES string of the molecule is C[C@@H]1[C@@H]([Si](C)(C)F)[C@H](CCn2cc(CCO)nn2)O[C@@]12C(=O)Nc1ccc(I)cc12. The molecule has 1 aromatic carbocycles. The zero-order valence-electron chi connectivity index (χ0n) is 17.2. The van der Waals surface area contributed by atoms with Crippen molar-refractivity contribution < 1.29 is 18.7 Å². The van der Waals surface area contributed by atoms with Crippen LogP contribution in [-0.2, 0) is 28.1 Å². The summed E-state index contributed by atoms with van der Waals surface area (Å²) < 4.78 is 24.7. The van der Waals surface area contributed by atoms with Crippen LogP contribution >= 0.6 is 22.6 Å². The van der Waals surface area contributed by atoms with Gasteiger partial charge in [-0.05, 0) is 60.3 Å². The Morgan fingerprint density at radius 1 is 1.43 bits per heavy atom. The van der Waals surface area contributed by atoms with E-state index in [4.69, 9.17) is 9.84 Å². The van der Waals surface area contributed by atoms with Gasteiger partial charge in [0.1, 0.15) is 0 Å². The highest BCUT2D eigenvalue weighted by Gasteiger charge is 2.65. The Morgan fingerprint density at radius 2 is 2.20 bits per heavy atom. The maximum atomic E-state index is 15.5. The summed E-state index contributed by atoms with van der Waals surface area (Å²) in [7, 11) is -3.14. The number of aryl methyl sites for hydroxylation is 1. The Balaban J connectivity index is 1.64. The molecule has 2 N–H and O–H groups in total. The Hall–Kier alpha value is -1.37. The number of halogens is 2. The van der Waals surface area contributed by atoms with Crippen molar-refractivity contribution >= 4 is 42.6 Å². The fourth-order valence-corrected chi connectivity index (χ4v) is 8.08. The van der Waals surface area contributed by atoms with E-state index in [9.17, 15) is 4.79 Å². The summed E-state index contributed by atoms with van der Waals surface area (Å²) in [6.07, 6.45) is 2.37. The van der Waals surface area contributed by atoms with Crippen molar-refractivity contribution in [1.29, 1.82) is 0 Å². The lowest BCUT2D eigenvalue weighted by atomic mass is 9.82. The number of aromatic nitrogens is 3. The van der Waals surface area contributed by atoms with E-state index in [1.165, 1.54) is 0 Å². The van der Waals surface area contributed by atoms with E-state index in [1.54, 1.807) is 24.0 Å². The minimum atomic E-state index is -3.14. The zero-order valence-corrected chi connectivity index (χ0v) is 20.4. The van der Waals surface area contributed by atoms with Gasteiger partial charge in [-0.25, -0.2) is 0 Å². The van der Waals surface area contributed by atoms with Gasteiger partial charge in [-0.2, -0.15) is 0 Å². The zero-order chi connectivity index (χ0) is 21.7. The van der Waals surface area contributed by atoms with Gasteiger partial charge in [0.05, 0.1) is 11.8 Å². The second-order valence-corrected chi connectivity index (χ2v) is 13.7. The number of hydrogen-bond acceptors (Lipinski definition) is 5. The van der Waals surface area contributed by atoms with Crippen LogP contribution in [0.15, 0.2) is 24.4 Å². The lowest BCUT2D eigenvalue weighted by Crippen LogP contribution is -2.42. The number of carbonyl (C=O) groups excluding carboxylic acids is 1. The van der Waals surface area contributed by atoms with Crippen LogP contribution in [0.3, 0.4) is 0 Å². The maximum absolute atomic E-state index is 15.5. The maximum Gasteiger partial charge on any atom is 0.261 e. The summed E-state index contributed by atoms with van der Waals surface area (Å²) in [6, 6.07) is 5.79. The van der Waals surface area contributed by atoms with Gasteiger partial charge in [0.2, 0.25) is 8.41 Å². The van der Waals surface area contributed by atoms with Crippen LogP contribution in [0, 0.1) is 9.49 Å². The Morgan fingerprint density at radius 3 is 2.90 bits per heavy atom. The lowest BCUT2D eigenvalue weighted by molar-refractivity contribution is -0.143. The molecule has 4 rings (SSSR count). The summed E-state index contributed by atoms with van der Waals surface area (Å²) in [4.78, 5) is 13.1. The third kappa shape index (κ3) is 3.61. The number of aliphatic hydroxyl groups excluding tert-OH is 1. The second kappa shape index (κ2) is 7.95. The first kappa shape index (κ1) is 21.8. The van der Waals surface area contributed by atoms with Gasteiger partial charge < -0.3 is 19.3 Å². The van der Waals surface area contributed by atoms with Crippen LogP contribution in [0.25, 0.3) is 0 Å². The average Bonchev–Trinajstić information content (AvgIpc) is 3.31. The van der Waals surface area contributed by atoms with Crippen LogP contribution in [-0.4, -0.2) is 47.1 Å². The van der Waals surface area contributed by atoms with Gasteiger partial charge >= 0.3 is 0 Å². The standard InChI is InChI=1S/C20H26FIN4O3Si/c1-12-18(30(2,3)21)17(6-8-26-11-14(7-9-27)24-25-26)29-20(12)15-10-13(22)4-5-16(15)23-19(20)28/h4-5,10-12,17-18,27H,6-9H2,1-3H3,(H,23,28)/t12-,17+,18-,20+/m1/s1. The minimum absolute atomic E-state index is 0.0154. The predicted molar refractivity (Wildman–Crippen MR) is 121 cm³/mol. The largest absolute Gasteiger partial charge is 0.396 e. The van der Waals surface area contributed by atoms with Crippen molar-refractivity contribution in [3.05, 3.63) is 39.2 Å². The second-order valence-electron chi connectivity index (χ2n) is 8.65. The molecule has 0 bridgehead atoms. The van der Waals surface area contributed by atoms with E-state index in [2.05, 4.69) is 38.2 Å². The molecule has 1 fully saturated rings. The number of nitrogens with zero attached hydrogens (tertiary/aromatic N) is 3. The summed E-state index contributed by atoms with van der Waals surface area (Å²) in [5, 5.41) is 20.1. The number of nitrogens with one attached hydrogen (secondary N) is 1. The average molecular weight is 544 g/mol. The van der Waals surface area contributed by atoms with Crippen LogP contribution in [0.1, 0.15) is 24.6 Å². The van der Waals surface area contributed by atoms with E-state index in [1.807, 2.05) is 25.1 Å². The molecule has 4 atom stereocenters. The summed E-state index contributed by atoms with van der Waals surface area (Å²) in [6.45, 7) is 5.86. The molecule has 7 nitrogen and oxygen atoms in total. The normalized spacial score (nSPS) is 28.2. The molecule has 0 radical (unpaired) electrons. The molecule has 1 amide bonds. The molecule has 1 saturated heterocycles. The molecule has 0 unspecified atom stereocenters. The first-order valence-electron chi connectivity index (χ1n) is 10.1. The van der Waals surface area contributed by atoms with Crippen molar-refractivity contribution in [3.8, 4) is 0 Å². The van der Waals surface area contributed by atoms with E-state index < -0.39 is 20.1 Å². The number of aliphatic hydroxyl groups is 1. The quantitative estimate of drug-likeness (QED) is 0.331. The highest BCUT2D eigenvalue weighted by atomic mass is 127. The molecule has 2 aliphatic heterocycles. The fourth-order valence-electron chi connectivity index (χ4n) is 5.04. The van der Waals surface area contributed by atoms with Gasteiger partial charge in [0.15, 0.2) is 5.60 Å². The monoisotopic (exact) mass is 544 g/mol. The third-order valence-corrected chi connectivity index (χ3v) is 9.40. The van der Waals surface area contributed by atoms with Crippen LogP contribution in [0.4, 0.5) is 9.80 Å². The molecular formula is C20H26FIN4O3Si. The molecule has 2 aromatic rings. The smallest absolute Gasteiger partial charge is 0.261 e. The van der Waals surface area contributed by atoms with Crippen molar-refractivity contribution in [2.75, 3.05) is 11.9 Å². The molecule has 1 aromatic heterocycles. The number of fused-ring (bicyclic) bond motifs is 2. The van der Waals surface area contributed by atoms with E-state index in [0.717, 1.165) is 14.8 Å². The molecule has 30 heavy (non-hydrogen) atoms. The molecule has 3 heterocycles. The van der Waals surface area contributed by atoms with Crippen LogP contribution in [0.5, 0.6) is 0 Å². The van der Waals surface area contributed by atoms with Gasteiger partial charge in [-0.1, -0.05) is 12.1 Å². The number of benzene rings is 1. The molecule has 0 saturated carbocycles. The minimum Gasteiger partial charge on any atom is -0.396 e. The third-order valence-electron chi connectivity index (χ3n) is 6.27. The topological polar surface area (TPSA) is 89.3 Å². The van der Waals surface area contributed by atoms with Crippen molar-refractivity contribution in [2.24, 2.45) is 5.92 Å². The van der Waals surface area contributed by atoms with Crippen molar-refractivity contribution in [1.82, 2.24) is 15.0 Å². The van der Waals surface area contributed by atoms with Crippen molar-refractivity contribution in [2.45, 2.75) is 56.7 Å². The summed E-state index contributed by atoms with van der Waals surface area (Å²) >= 11 is 2.22. The van der Waals surface area contributed by atoms with Gasteiger partial charge in [0, 0.05) is 52.0 Å². The highest BCUT2D eigenvalue weighted by molar-refractivity contribution is 14.1. The lowest BCUT2D eigenvalue weighted by Gasteiger charge is -2.30. The van der Waals surface area contributed by atoms with E-state index in [0.29, 0.717) is 25.1 Å². The molecule has 1 spiro atoms. The van der Waals surface area contributed by atoms with Crippen LogP contribution < -0.4 is 5.32 Å². The Kier molecular flexibility index (Phi) is 5.79. The predicted octanol–water partition coefficient (Wildman–Crippen LogP) is 3.23. The molecular weight excluding hydrogens is 518 g/mol. The Labute approximate surface area is 189 Å². The summed E-state index contributed by atoms with van der Waals surface area (Å²) in [5.74, 6) is -0.488. The molecule has 162 valence electrons. The number of carbonyl (C=O) groups is 1. The van der Waals surface area contributed by atoms with Crippen molar-refractivity contribution in [3.63, 3.8) is 0 Å². The highest BCUT2D eigenvalue weighted by Crippen LogP contribution is 2.58. The van der Waals surface area contributed by atoms with Gasteiger partial charge in [-0.3, -0.25) is 9.48 Å². The Bertz CT molecular complexity index is 966. The molecule has 2 aliphatic rings. The fraction of sp³-hybridized carbons (Fsp3) is 0.550. The van der Waals surface area contributed by atoms with E-state index >= 15 is 4.11 Å². The first-order chi connectivity index (χ1) is 14.2. The molecule has 0 aliphatic carbocycles. The van der Waals surface area contributed by atoms with Gasteiger partial charge in [-0.15, -0.1) is 5.10 Å². The van der Waals surface area contributed by atoms with Crippen LogP contribution in [0.2, 0.25) is 18.6 Å². The molecule has 10 heteroatoms. The number of anilines is 1. The summed E-state index contributed by atoms with van der Waals surface area (Å²) in [5.41, 5.74) is 0.781. The number of amides is 1. The number of ether oxygens (including phenoxy) is 1. The number of hydrogen-bond donors (Lipinski definition) is 2. The van der Waals surface area contributed by atoms with E-state index in [-0.39, 0.29) is 24.0 Å².